The monoisotopic (exact) mass is 324 g/mol. The minimum atomic E-state index is -3.37. The van der Waals surface area contributed by atoms with E-state index in [1.165, 1.54) is 0 Å². The summed E-state index contributed by atoms with van der Waals surface area (Å²) in [6.07, 6.45) is 1.22. The fraction of sp³-hybridized carbons (Fsp3) is 0.500. The van der Waals surface area contributed by atoms with Crippen LogP contribution in [0.4, 0.5) is 11.4 Å². The van der Waals surface area contributed by atoms with Crippen molar-refractivity contribution in [2.75, 3.05) is 35.4 Å². The van der Waals surface area contributed by atoms with Gasteiger partial charge in [0, 0.05) is 25.0 Å². The molecule has 1 N–H and O–H groups in total. The molecule has 1 rings (SSSR count). The first-order valence-corrected chi connectivity index (χ1v) is 8.45. The summed E-state index contributed by atoms with van der Waals surface area (Å²) in [5.74, 6) is 0.523. The van der Waals surface area contributed by atoms with Crippen LogP contribution in [0.15, 0.2) is 18.2 Å². The normalized spacial score (nSPS) is 11.4. The average Bonchev–Trinajstić information content (AvgIpc) is 2.28. The van der Waals surface area contributed by atoms with E-state index < -0.39 is 10.0 Å². The molecule has 0 heterocycles. The maximum Gasteiger partial charge on any atom is 0.232 e. The second-order valence-electron chi connectivity index (χ2n) is 4.37. The number of sulfonamides is 1. The van der Waals surface area contributed by atoms with Crippen molar-refractivity contribution in [1.82, 2.24) is 0 Å². The zero-order valence-corrected chi connectivity index (χ0v) is 13.3. The van der Waals surface area contributed by atoms with Crippen molar-refractivity contribution < 1.29 is 8.42 Å². The zero-order chi connectivity index (χ0) is 14.5. The van der Waals surface area contributed by atoms with Crippen LogP contribution < -0.4 is 9.62 Å². The number of benzene rings is 1. The van der Waals surface area contributed by atoms with Crippen LogP contribution in [0.25, 0.3) is 0 Å². The highest BCUT2D eigenvalue weighted by atomic mass is 35.5. The molecule has 0 saturated carbocycles. The van der Waals surface area contributed by atoms with Gasteiger partial charge in [0.05, 0.1) is 17.1 Å². The van der Waals surface area contributed by atoms with Gasteiger partial charge >= 0.3 is 0 Å². The first kappa shape index (κ1) is 16.4. The lowest BCUT2D eigenvalue weighted by Crippen LogP contribution is -2.19. The maximum absolute atomic E-state index is 11.9. The molecule has 0 saturated heterocycles. The topological polar surface area (TPSA) is 49.4 Å². The molecule has 0 aliphatic rings. The Morgan fingerprint density at radius 1 is 1.26 bits per heavy atom. The molecular formula is C12H18Cl2N2O2S. The van der Waals surface area contributed by atoms with E-state index in [9.17, 15) is 8.42 Å². The van der Waals surface area contributed by atoms with Crippen LogP contribution in [-0.2, 0) is 10.0 Å². The Bertz CT molecular complexity index is 518. The van der Waals surface area contributed by atoms with Crippen molar-refractivity contribution in [2.24, 2.45) is 0 Å². The summed E-state index contributed by atoms with van der Waals surface area (Å²) < 4.78 is 26.5. The molecule has 0 atom stereocenters. The predicted molar refractivity (Wildman–Crippen MR) is 83.1 cm³/mol. The van der Waals surface area contributed by atoms with E-state index in [-0.39, 0.29) is 5.75 Å². The van der Waals surface area contributed by atoms with E-state index in [1.807, 2.05) is 19.0 Å². The third kappa shape index (κ3) is 5.47. The minimum absolute atomic E-state index is 0.0547. The van der Waals surface area contributed by atoms with Gasteiger partial charge in [-0.1, -0.05) is 11.6 Å². The van der Waals surface area contributed by atoms with Crippen molar-refractivity contribution >= 4 is 44.6 Å². The SMILES string of the molecule is CN(C)c1ccc(Cl)cc1NS(=O)(=O)CCCCCl. The van der Waals surface area contributed by atoms with Crippen LogP contribution in [0.2, 0.25) is 5.02 Å². The van der Waals surface area contributed by atoms with E-state index in [1.54, 1.807) is 18.2 Å². The Morgan fingerprint density at radius 2 is 1.95 bits per heavy atom. The molecule has 108 valence electrons. The van der Waals surface area contributed by atoms with Crippen molar-refractivity contribution in [1.29, 1.82) is 0 Å². The largest absolute Gasteiger partial charge is 0.376 e. The van der Waals surface area contributed by atoms with Crippen molar-refractivity contribution in [3.8, 4) is 0 Å². The Hall–Kier alpha value is -0.650. The predicted octanol–water partition coefficient (Wildman–Crippen LogP) is 3.17. The van der Waals surface area contributed by atoms with E-state index in [2.05, 4.69) is 4.72 Å². The standard InChI is InChI=1S/C12H18Cl2N2O2S/c1-16(2)12-6-5-10(14)9-11(12)15-19(17,18)8-4-3-7-13/h5-6,9,15H,3-4,7-8H2,1-2H3. The van der Waals surface area contributed by atoms with Gasteiger partial charge < -0.3 is 4.90 Å². The lowest BCUT2D eigenvalue weighted by Gasteiger charge is -2.18. The van der Waals surface area contributed by atoms with Gasteiger partial charge in [0.25, 0.3) is 0 Å². The molecule has 0 aliphatic carbocycles. The summed E-state index contributed by atoms with van der Waals surface area (Å²) in [4.78, 5) is 1.83. The smallest absolute Gasteiger partial charge is 0.232 e. The van der Waals surface area contributed by atoms with Gasteiger partial charge in [0.1, 0.15) is 0 Å². The zero-order valence-electron chi connectivity index (χ0n) is 11.0. The summed E-state index contributed by atoms with van der Waals surface area (Å²) in [5, 5.41) is 0.490. The number of unbranched alkanes of at least 4 members (excludes halogenated alkanes) is 1. The number of hydrogen-bond donors (Lipinski definition) is 1. The summed E-state index contributed by atoms with van der Waals surface area (Å²) in [6.45, 7) is 0. The number of anilines is 2. The molecule has 0 radical (unpaired) electrons. The number of rotatable bonds is 7. The van der Waals surface area contributed by atoms with Crippen LogP contribution in [0.5, 0.6) is 0 Å². The van der Waals surface area contributed by atoms with Crippen molar-refractivity contribution in [2.45, 2.75) is 12.8 Å². The third-order valence-electron chi connectivity index (χ3n) is 2.50. The lowest BCUT2D eigenvalue weighted by molar-refractivity contribution is 0.598. The van der Waals surface area contributed by atoms with Gasteiger partial charge in [-0.2, -0.15) is 0 Å². The van der Waals surface area contributed by atoms with E-state index in [0.29, 0.717) is 29.4 Å². The van der Waals surface area contributed by atoms with E-state index >= 15 is 0 Å². The molecule has 0 amide bonds. The molecule has 0 unspecified atom stereocenters. The summed E-state index contributed by atoms with van der Waals surface area (Å²) >= 11 is 11.4. The van der Waals surface area contributed by atoms with Crippen LogP contribution >= 0.6 is 23.2 Å². The van der Waals surface area contributed by atoms with Gasteiger partial charge in [-0.05, 0) is 31.0 Å². The molecule has 19 heavy (non-hydrogen) atoms. The number of alkyl halides is 1. The molecule has 7 heteroatoms. The fourth-order valence-corrected chi connectivity index (χ4v) is 3.13. The number of hydrogen-bond acceptors (Lipinski definition) is 3. The van der Waals surface area contributed by atoms with E-state index in [4.69, 9.17) is 23.2 Å². The highest BCUT2D eigenvalue weighted by Crippen LogP contribution is 2.28. The second-order valence-corrected chi connectivity index (χ2v) is 7.03. The van der Waals surface area contributed by atoms with Crippen molar-refractivity contribution in [3.63, 3.8) is 0 Å². The van der Waals surface area contributed by atoms with E-state index in [0.717, 1.165) is 5.69 Å². The Labute approximate surface area is 124 Å². The summed E-state index contributed by atoms with van der Waals surface area (Å²) in [7, 11) is 0.310. The second kappa shape index (κ2) is 7.22. The molecule has 1 aromatic rings. The van der Waals surface area contributed by atoms with Gasteiger partial charge in [-0.15, -0.1) is 11.6 Å². The molecule has 4 nitrogen and oxygen atoms in total. The highest BCUT2D eigenvalue weighted by Gasteiger charge is 2.14. The van der Waals surface area contributed by atoms with Gasteiger partial charge in [0.2, 0.25) is 10.0 Å². The summed E-state index contributed by atoms with van der Waals surface area (Å²) in [5.41, 5.74) is 1.26. The summed E-state index contributed by atoms with van der Waals surface area (Å²) in [6, 6.07) is 5.11. The molecule has 0 fully saturated rings. The average molecular weight is 325 g/mol. The lowest BCUT2D eigenvalue weighted by atomic mass is 10.2. The molecule has 0 bridgehead atoms. The van der Waals surface area contributed by atoms with Gasteiger partial charge in [0.15, 0.2) is 0 Å². The maximum atomic E-state index is 11.9. The number of nitrogens with one attached hydrogen (secondary N) is 1. The number of halogens is 2. The third-order valence-corrected chi connectivity index (χ3v) is 4.36. The van der Waals surface area contributed by atoms with Crippen LogP contribution in [-0.4, -0.2) is 34.1 Å². The molecule has 0 spiro atoms. The number of nitrogens with zero attached hydrogens (tertiary/aromatic N) is 1. The fourth-order valence-electron chi connectivity index (χ4n) is 1.59. The molecule has 0 aromatic heterocycles. The van der Waals surface area contributed by atoms with Crippen LogP contribution in [0.3, 0.4) is 0 Å². The van der Waals surface area contributed by atoms with Gasteiger partial charge in [-0.3, -0.25) is 4.72 Å². The Morgan fingerprint density at radius 3 is 2.53 bits per heavy atom. The first-order chi connectivity index (χ1) is 8.85. The molecular weight excluding hydrogens is 307 g/mol. The highest BCUT2D eigenvalue weighted by molar-refractivity contribution is 7.92. The Balaban J connectivity index is 2.88. The Kier molecular flexibility index (Phi) is 6.23. The minimum Gasteiger partial charge on any atom is -0.376 e. The first-order valence-electron chi connectivity index (χ1n) is 5.89. The molecule has 0 aliphatic heterocycles. The molecule has 1 aromatic carbocycles. The quantitative estimate of drug-likeness (QED) is 0.619. The van der Waals surface area contributed by atoms with Crippen LogP contribution in [0, 0.1) is 0 Å². The van der Waals surface area contributed by atoms with Crippen LogP contribution in [0.1, 0.15) is 12.8 Å². The van der Waals surface area contributed by atoms with Crippen molar-refractivity contribution in [3.05, 3.63) is 23.2 Å². The van der Waals surface area contributed by atoms with Gasteiger partial charge in [-0.25, -0.2) is 8.42 Å².